The molecule has 2 unspecified atom stereocenters. The van der Waals surface area contributed by atoms with Crippen molar-refractivity contribution in [1.82, 2.24) is 10.2 Å². The maximum absolute atomic E-state index is 11.6. The first-order chi connectivity index (χ1) is 8.11. The third kappa shape index (κ3) is 2.63. The number of carboxylic acids is 1. The Bertz CT molecular complexity index is 287. The van der Waals surface area contributed by atoms with Crippen LogP contribution < -0.4 is 5.32 Å². The first-order valence-corrected chi connectivity index (χ1v) is 6.86. The molecule has 4 heteroatoms. The Morgan fingerprint density at radius 2 is 2.00 bits per heavy atom. The zero-order valence-corrected chi connectivity index (χ0v) is 10.9. The summed E-state index contributed by atoms with van der Waals surface area (Å²) in [7, 11) is 0. The van der Waals surface area contributed by atoms with Crippen molar-refractivity contribution < 1.29 is 9.90 Å². The van der Waals surface area contributed by atoms with Crippen molar-refractivity contribution in [2.75, 3.05) is 13.1 Å². The van der Waals surface area contributed by atoms with Crippen LogP contribution >= 0.6 is 0 Å². The first-order valence-electron chi connectivity index (χ1n) is 6.86. The molecule has 0 heterocycles. The van der Waals surface area contributed by atoms with Crippen molar-refractivity contribution in [3.05, 3.63) is 0 Å². The molecule has 0 aromatic heterocycles. The minimum Gasteiger partial charge on any atom is -0.480 e. The van der Waals surface area contributed by atoms with E-state index in [-0.39, 0.29) is 0 Å². The van der Waals surface area contributed by atoms with E-state index in [1.54, 1.807) is 0 Å². The molecule has 2 N–H and O–H groups in total. The fourth-order valence-corrected chi connectivity index (χ4v) is 3.08. The van der Waals surface area contributed by atoms with E-state index >= 15 is 0 Å². The number of rotatable bonds is 6. The lowest BCUT2D eigenvalue weighted by atomic mass is 9.97. The van der Waals surface area contributed by atoms with Crippen LogP contribution in [-0.4, -0.2) is 46.7 Å². The topological polar surface area (TPSA) is 52.6 Å². The Morgan fingerprint density at radius 3 is 2.47 bits per heavy atom. The molecule has 0 radical (unpaired) electrons. The van der Waals surface area contributed by atoms with E-state index in [1.807, 2.05) is 0 Å². The predicted molar refractivity (Wildman–Crippen MR) is 67.1 cm³/mol. The van der Waals surface area contributed by atoms with Crippen LogP contribution in [0.4, 0.5) is 0 Å². The molecule has 0 aliphatic heterocycles. The number of hydrogen-bond donors (Lipinski definition) is 2. The second kappa shape index (κ2) is 4.94. The summed E-state index contributed by atoms with van der Waals surface area (Å²) in [6.45, 7) is 6.33. The molecule has 0 spiro atoms. The number of hydrogen-bond acceptors (Lipinski definition) is 3. The van der Waals surface area contributed by atoms with Gasteiger partial charge in [-0.2, -0.15) is 0 Å². The molecule has 0 aromatic carbocycles. The molecule has 0 bridgehead atoms. The van der Waals surface area contributed by atoms with E-state index in [2.05, 4.69) is 24.1 Å². The molecule has 0 aromatic rings. The Kier molecular flexibility index (Phi) is 3.73. The van der Waals surface area contributed by atoms with Gasteiger partial charge in [-0.1, -0.05) is 13.8 Å². The molecule has 2 saturated carbocycles. The lowest BCUT2D eigenvalue weighted by Gasteiger charge is -2.29. The molecule has 98 valence electrons. The van der Waals surface area contributed by atoms with Crippen molar-refractivity contribution in [2.45, 2.75) is 63.6 Å². The van der Waals surface area contributed by atoms with Crippen LogP contribution in [0.2, 0.25) is 0 Å². The summed E-state index contributed by atoms with van der Waals surface area (Å²) >= 11 is 0. The monoisotopic (exact) mass is 240 g/mol. The largest absolute Gasteiger partial charge is 0.480 e. The number of nitrogens with one attached hydrogen (secondary N) is 1. The van der Waals surface area contributed by atoms with E-state index in [9.17, 15) is 9.90 Å². The van der Waals surface area contributed by atoms with Gasteiger partial charge in [-0.3, -0.25) is 10.1 Å². The molecule has 17 heavy (non-hydrogen) atoms. The van der Waals surface area contributed by atoms with Crippen LogP contribution in [0, 0.1) is 0 Å². The highest BCUT2D eigenvalue weighted by molar-refractivity contribution is 5.79. The standard InChI is InChI=1S/C13H24N2O2/c1-3-15(4-2)11-7-8-13(9-11,12(16)17)14-10-5-6-10/h10-11,14H,3-9H2,1-2H3,(H,16,17). The van der Waals surface area contributed by atoms with Gasteiger partial charge in [0.1, 0.15) is 5.54 Å². The normalized spacial score (nSPS) is 33.2. The van der Waals surface area contributed by atoms with E-state index in [0.29, 0.717) is 12.1 Å². The summed E-state index contributed by atoms with van der Waals surface area (Å²) in [6, 6.07) is 0.897. The molecule has 4 nitrogen and oxygen atoms in total. The summed E-state index contributed by atoms with van der Waals surface area (Å²) in [6.07, 6.45) is 4.84. The Labute approximate surface area is 103 Å². The molecule has 2 fully saturated rings. The molecule has 2 aliphatic rings. The highest BCUT2D eigenvalue weighted by atomic mass is 16.4. The van der Waals surface area contributed by atoms with Gasteiger partial charge in [0.15, 0.2) is 0 Å². The third-order valence-electron chi connectivity index (χ3n) is 4.28. The van der Waals surface area contributed by atoms with Crippen LogP contribution in [0.5, 0.6) is 0 Å². The van der Waals surface area contributed by atoms with E-state index < -0.39 is 11.5 Å². The Balaban J connectivity index is 2.02. The quantitative estimate of drug-likeness (QED) is 0.738. The van der Waals surface area contributed by atoms with Gasteiger partial charge in [-0.05, 0) is 45.2 Å². The minimum atomic E-state index is -0.654. The molecular formula is C13H24N2O2. The van der Waals surface area contributed by atoms with Crippen LogP contribution in [0.25, 0.3) is 0 Å². The highest BCUT2D eigenvalue weighted by Gasteiger charge is 2.48. The number of aliphatic carboxylic acids is 1. The highest BCUT2D eigenvalue weighted by Crippen LogP contribution is 2.36. The van der Waals surface area contributed by atoms with Gasteiger partial charge in [0.05, 0.1) is 0 Å². The van der Waals surface area contributed by atoms with E-state index in [4.69, 9.17) is 0 Å². The molecule has 0 amide bonds. The van der Waals surface area contributed by atoms with Gasteiger partial charge in [0.25, 0.3) is 0 Å². The van der Waals surface area contributed by atoms with Crippen LogP contribution in [-0.2, 0) is 4.79 Å². The van der Waals surface area contributed by atoms with Crippen LogP contribution in [0.15, 0.2) is 0 Å². The fourth-order valence-electron chi connectivity index (χ4n) is 3.08. The van der Waals surface area contributed by atoms with Crippen molar-refractivity contribution >= 4 is 5.97 Å². The van der Waals surface area contributed by atoms with Crippen LogP contribution in [0.3, 0.4) is 0 Å². The van der Waals surface area contributed by atoms with Crippen molar-refractivity contribution in [3.8, 4) is 0 Å². The molecular weight excluding hydrogens is 216 g/mol. The van der Waals surface area contributed by atoms with Crippen molar-refractivity contribution in [1.29, 1.82) is 0 Å². The number of carboxylic acid groups (broad SMARTS) is 1. The molecule has 2 aliphatic carbocycles. The van der Waals surface area contributed by atoms with Gasteiger partial charge in [-0.25, -0.2) is 0 Å². The smallest absolute Gasteiger partial charge is 0.323 e. The van der Waals surface area contributed by atoms with Gasteiger partial charge >= 0.3 is 5.97 Å². The van der Waals surface area contributed by atoms with Crippen LogP contribution in [0.1, 0.15) is 46.0 Å². The molecule has 2 atom stereocenters. The second-order valence-electron chi connectivity index (χ2n) is 5.42. The zero-order valence-electron chi connectivity index (χ0n) is 10.9. The Morgan fingerprint density at radius 1 is 1.35 bits per heavy atom. The summed E-state index contributed by atoms with van der Waals surface area (Å²) in [5, 5.41) is 12.9. The summed E-state index contributed by atoms with van der Waals surface area (Å²) < 4.78 is 0. The third-order valence-corrected chi connectivity index (χ3v) is 4.28. The lowest BCUT2D eigenvalue weighted by Crippen LogP contribution is -2.52. The van der Waals surface area contributed by atoms with Crippen molar-refractivity contribution in [2.24, 2.45) is 0 Å². The van der Waals surface area contributed by atoms with Gasteiger partial charge < -0.3 is 10.0 Å². The van der Waals surface area contributed by atoms with Crippen molar-refractivity contribution in [3.63, 3.8) is 0 Å². The maximum atomic E-state index is 11.6. The van der Waals surface area contributed by atoms with Gasteiger partial charge in [0, 0.05) is 12.1 Å². The lowest BCUT2D eigenvalue weighted by molar-refractivity contribution is -0.145. The zero-order chi connectivity index (χ0) is 12.5. The number of nitrogens with zero attached hydrogens (tertiary/aromatic N) is 1. The second-order valence-corrected chi connectivity index (χ2v) is 5.42. The first kappa shape index (κ1) is 12.8. The van der Waals surface area contributed by atoms with Gasteiger partial charge in [0.2, 0.25) is 0 Å². The number of carbonyl (C=O) groups is 1. The molecule has 0 saturated heterocycles. The van der Waals surface area contributed by atoms with E-state index in [1.165, 1.54) is 0 Å². The maximum Gasteiger partial charge on any atom is 0.323 e. The van der Waals surface area contributed by atoms with Gasteiger partial charge in [-0.15, -0.1) is 0 Å². The van der Waals surface area contributed by atoms with E-state index in [0.717, 1.165) is 45.2 Å². The average molecular weight is 240 g/mol. The summed E-state index contributed by atoms with van der Waals surface area (Å²) in [5.41, 5.74) is -0.644. The SMILES string of the molecule is CCN(CC)C1CCC(NC2CC2)(C(=O)O)C1. The average Bonchev–Trinajstić information content (AvgIpc) is 3.00. The fraction of sp³-hybridized carbons (Fsp3) is 0.923. The Hall–Kier alpha value is -0.610. The minimum absolute atomic E-state index is 0.437. The summed E-state index contributed by atoms with van der Waals surface area (Å²) in [5.74, 6) is -0.654. The summed E-state index contributed by atoms with van der Waals surface area (Å²) in [4.78, 5) is 13.9. The molecule has 2 rings (SSSR count). The predicted octanol–water partition coefficient (Wildman–Crippen LogP) is 1.46.